The Kier molecular flexibility index (Phi) is 3.84. The van der Waals surface area contributed by atoms with Gasteiger partial charge in [-0.05, 0) is 38.1 Å². The molecule has 0 bridgehead atoms. The Morgan fingerprint density at radius 3 is 2.75 bits per heavy atom. The lowest BCUT2D eigenvalue weighted by Crippen LogP contribution is -2.43. The average molecular weight is 259 g/mol. The topological polar surface area (TPSA) is 32.3 Å². The second-order valence-electron chi connectivity index (χ2n) is 4.00. The van der Waals surface area contributed by atoms with Crippen molar-refractivity contribution < 1.29 is 4.79 Å². The van der Waals surface area contributed by atoms with Gasteiger partial charge in [-0.15, -0.1) is 11.3 Å². The Morgan fingerprint density at radius 1 is 1.50 bits per heavy atom. The first-order valence-corrected chi connectivity index (χ1v) is 6.61. The highest BCUT2D eigenvalue weighted by atomic mass is 35.5. The first kappa shape index (κ1) is 11.9. The summed E-state index contributed by atoms with van der Waals surface area (Å²) in [4.78, 5) is 14.7. The van der Waals surface area contributed by atoms with Gasteiger partial charge in [-0.25, -0.2) is 0 Å². The number of carbonyl (C=O) groups excluding carboxylic acids is 1. The molecular formula is C11H15ClN2OS. The standard InChI is InChI=1S/C11H15ClN2OS/c1-14(8-4-6-13-7-5-8)11(15)9-2-3-10(12)16-9/h2-3,8,13H,4-7H2,1H3. The van der Waals surface area contributed by atoms with Gasteiger partial charge >= 0.3 is 0 Å². The van der Waals surface area contributed by atoms with Crippen LogP contribution in [0.1, 0.15) is 22.5 Å². The van der Waals surface area contributed by atoms with Crippen LogP contribution in [0.4, 0.5) is 0 Å². The highest BCUT2D eigenvalue weighted by Gasteiger charge is 2.23. The van der Waals surface area contributed by atoms with Gasteiger partial charge in [0.25, 0.3) is 5.91 Å². The molecule has 0 aromatic carbocycles. The van der Waals surface area contributed by atoms with Crippen LogP contribution >= 0.6 is 22.9 Å². The molecule has 1 saturated heterocycles. The first-order chi connectivity index (χ1) is 7.68. The predicted octanol–water partition coefficient (Wildman–Crippen LogP) is 2.23. The molecule has 2 heterocycles. The minimum absolute atomic E-state index is 0.0869. The summed E-state index contributed by atoms with van der Waals surface area (Å²) in [6.07, 6.45) is 2.06. The van der Waals surface area contributed by atoms with Crippen molar-refractivity contribution in [2.75, 3.05) is 20.1 Å². The molecule has 1 fully saturated rings. The smallest absolute Gasteiger partial charge is 0.263 e. The van der Waals surface area contributed by atoms with Gasteiger partial charge in [0.2, 0.25) is 0 Å². The number of halogens is 1. The summed E-state index contributed by atoms with van der Waals surface area (Å²) in [5, 5.41) is 3.30. The molecule has 1 aromatic rings. The molecule has 5 heteroatoms. The zero-order valence-corrected chi connectivity index (χ0v) is 10.8. The number of piperidine rings is 1. The van der Waals surface area contributed by atoms with E-state index in [1.165, 1.54) is 11.3 Å². The second-order valence-corrected chi connectivity index (χ2v) is 5.72. The summed E-state index contributed by atoms with van der Waals surface area (Å²) in [7, 11) is 1.88. The third-order valence-electron chi connectivity index (χ3n) is 2.96. The van der Waals surface area contributed by atoms with E-state index in [1.807, 2.05) is 11.9 Å². The molecule has 1 aliphatic heterocycles. The van der Waals surface area contributed by atoms with Crippen LogP contribution in [0.15, 0.2) is 12.1 Å². The summed E-state index contributed by atoms with van der Waals surface area (Å²) >= 11 is 7.18. The first-order valence-electron chi connectivity index (χ1n) is 5.41. The fourth-order valence-corrected chi connectivity index (χ4v) is 2.99. The van der Waals surface area contributed by atoms with Crippen LogP contribution < -0.4 is 5.32 Å². The molecule has 0 aliphatic carbocycles. The Morgan fingerprint density at radius 2 is 2.19 bits per heavy atom. The predicted molar refractivity (Wildman–Crippen MR) is 67.3 cm³/mol. The van der Waals surface area contributed by atoms with E-state index in [2.05, 4.69) is 5.32 Å². The summed E-state index contributed by atoms with van der Waals surface area (Å²) in [6.45, 7) is 1.99. The minimum atomic E-state index is 0.0869. The molecule has 1 amide bonds. The highest BCUT2D eigenvalue weighted by molar-refractivity contribution is 7.17. The fraction of sp³-hybridized carbons (Fsp3) is 0.545. The Labute approximate surface area is 104 Å². The van der Waals surface area contributed by atoms with Gasteiger partial charge in [0.1, 0.15) is 0 Å². The van der Waals surface area contributed by atoms with Gasteiger partial charge < -0.3 is 10.2 Å². The maximum Gasteiger partial charge on any atom is 0.263 e. The molecule has 88 valence electrons. The van der Waals surface area contributed by atoms with E-state index in [0.717, 1.165) is 30.8 Å². The van der Waals surface area contributed by atoms with Gasteiger partial charge in [-0.1, -0.05) is 11.6 Å². The van der Waals surface area contributed by atoms with E-state index in [0.29, 0.717) is 10.4 Å². The van der Waals surface area contributed by atoms with Gasteiger partial charge in [-0.3, -0.25) is 4.79 Å². The molecular weight excluding hydrogens is 244 g/mol. The van der Waals surface area contributed by atoms with Crippen molar-refractivity contribution in [1.29, 1.82) is 0 Å². The number of rotatable bonds is 2. The molecule has 0 atom stereocenters. The molecule has 1 aliphatic rings. The van der Waals surface area contributed by atoms with Gasteiger partial charge in [0.05, 0.1) is 9.21 Å². The molecule has 0 unspecified atom stereocenters. The number of carbonyl (C=O) groups is 1. The molecule has 1 N–H and O–H groups in total. The highest BCUT2D eigenvalue weighted by Crippen LogP contribution is 2.23. The third-order valence-corrected chi connectivity index (χ3v) is 4.18. The molecule has 3 nitrogen and oxygen atoms in total. The third kappa shape index (κ3) is 2.56. The summed E-state index contributed by atoms with van der Waals surface area (Å²) in [5.74, 6) is 0.0869. The number of hydrogen-bond donors (Lipinski definition) is 1. The maximum absolute atomic E-state index is 12.1. The average Bonchev–Trinajstić information content (AvgIpc) is 2.75. The van der Waals surface area contributed by atoms with E-state index < -0.39 is 0 Å². The lowest BCUT2D eigenvalue weighted by molar-refractivity contribution is 0.0708. The molecule has 0 saturated carbocycles. The molecule has 16 heavy (non-hydrogen) atoms. The Hall–Kier alpha value is -0.580. The van der Waals surface area contributed by atoms with Crippen molar-refractivity contribution in [3.8, 4) is 0 Å². The largest absolute Gasteiger partial charge is 0.338 e. The van der Waals surface area contributed by atoms with Crippen LogP contribution in [-0.4, -0.2) is 37.0 Å². The Balaban J connectivity index is 2.03. The van der Waals surface area contributed by atoms with Crippen LogP contribution in [0.5, 0.6) is 0 Å². The van der Waals surface area contributed by atoms with Crippen LogP contribution in [0.3, 0.4) is 0 Å². The lowest BCUT2D eigenvalue weighted by atomic mass is 10.1. The lowest BCUT2D eigenvalue weighted by Gasteiger charge is -2.31. The summed E-state index contributed by atoms with van der Waals surface area (Å²) < 4.78 is 0.669. The van der Waals surface area contributed by atoms with E-state index in [-0.39, 0.29) is 5.91 Å². The number of hydrogen-bond acceptors (Lipinski definition) is 3. The summed E-state index contributed by atoms with van der Waals surface area (Å²) in [5.41, 5.74) is 0. The van der Waals surface area contributed by atoms with Crippen molar-refractivity contribution in [2.45, 2.75) is 18.9 Å². The van der Waals surface area contributed by atoms with Crippen LogP contribution in [0, 0.1) is 0 Å². The zero-order chi connectivity index (χ0) is 11.5. The fourth-order valence-electron chi connectivity index (χ4n) is 1.96. The van der Waals surface area contributed by atoms with Crippen LogP contribution in [0.2, 0.25) is 4.34 Å². The van der Waals surface area contributed by atoms with Crippen molar-refractivity contribution in [3.05, 3.63) is 21.3 Å². The monoisotopic (exact) mass is 258 g/mol. The molecule has 0 radical (unpaired) electrons. The van der Waals surface area contributed by atoms with Gasteiger partial charge in [0, 0.05) is 13.1 Å². The van der Waals surface area contributed by atoms with Crippen LogP contribution in [0.25, 0.3) is 0 Å². The minimum Gasteiger partial charge on any atom is -0.338 e. The van der Waals surface area contributed by atoms with E-state index in [1.54, 1.807) is 12.1 Å². The SMILES string of the molecule is CN(C(=O)c1ccc(Cl)s1)C1CCNCC1. The quantitative estimate of drug-likeness (QED) is 0.882. The zero-order valence-electron chi connectivity index (χ0n) is 9.20. The van der Waals surface area contributed by atoms with Crippen molar-refractivity contribution >= 4 is 28.8 Å². The normalized spacial score (nSPS) is 17.4. The number of nitrogens with zero attached hydrogens (tertiary/aromatic N) is 1. The Bertz CT molecular complexity index is 374. The number of nitrogens with one attached hydrogen (secondary N) is 1. The summed E-state index contributed by atoms with van der Waals surface area (Å²) in [6, 6.07) is 3.93. The van der Waals surface area contributed by atoms with Crippen molar-refractivity contribution in [1.82, 2.24) is 10.2 Å². The van der Waals surface area contributed by atoms with E-state index >= 15 is 0 Å². The second kappa shape index (κ2) is 5.17. The number of amides is 1. The van der Waals surface area contributed by atoms with E-state index in [4.69, 9.17) is 11.6 Å². The molecule has 0 spiro atoms. The van der Waals surface area contributed by atoms with Crippen LogP contribution in [-0.2, 0) is 0 Å². The molecule has 1 aromatic heterocycles. The van der Waals surface area contributed by atoms with Gasteiger partial charge in [0.15, 0.2) is 0 Å². The van der Waals surface area contributed by atoms with Crippen molar-refractivity contribution in [2.24, 2.45) is 0 Å². The maximum atomic E-state index is 12.1. The van der Waals surface area contributed by atoms with Gasteiger partial charge in [-0.2, -0.15) is 0 Å². The number of thiophene rings is 1. The molecule has 2 rings (SSSR count). The van der Waals surface area contributed by atoms with E-state index in [9.17, 15) is 4.79 Å². The van der Waals surface area contributed by atoms with Crippen molar-refractivity contribution in [3.63, 3.8) is 0 Å².